The molecular formula is C18H15ClFN3O2S2. The fourth-order valence-corrected chi connectivity index (χ4v) is 4.14. The van der Waals surface area contributed by atoms with Crippen LogP contribution in [0.2, 0.25) is 4.34 Å². The zero-order chi connectivity index (χ0) is 19.2. The number of halogens is 2. The summed E-state index contributed by atoms with van der Waals surface area (Å²) >= 11 is 8.39. The van der Waals surface area contributed by atoms with Gasteiger partial charge in [-0.1, -0.05) is 41.6 Å². The van der Waals surface area contributed by atoms with Crippen molar-refractivity contribution in [3.05, 3.63) is 69.9 Å². The summed E-state index contributed by atoms with van der Waals surface area (Å²) in [6.45, 7) is 4.23. The SMILES string of the molecule is C=CCn1c(COc2ccccc2F)nnc1SCC(=O)c1ccc(Cl)s1. The van der Waals surface area contributed by atoms with E-state index in [4.69, 9.17) is 16.3 Å². The minimum atomic E-state index is -0.443. The molecule has 3 aromatic rings. The number of benzene rings is 1. The van der Waals surface area contributed by atoms with Gasteiger partial charge in [0.1, 0.15) is 6.61 Å². The molecule has 0 aliphatic carbocycles. The second kappa shape index (κ2) is 9.16. The van der Waals surface area contributed by atoms with Crippen LogP contribution in [0.15, 0.2) is 54.2 Å². The molecule has 0 atom stereocenters. The number of allylic oxidation sites excluding steroid dienone is 1. The summed E-state index contributed by atoms with van der Waals surface area (Å²) < 4.78 is 21.5. The van der Waals surface area contributed by atoms with Gasteiger partial charge >= 0.3 is 0 Å². The minimum absolute atomic E-state index is 0.0331. The fraction of sp³-hybridized carbons (Fsp3) is 0.167. The first-order valence-electron chi connectivity index (χ1n) is 7.90. The van der Waals surface area contributed by atoms with Gasteiger partial charge < -0.3 is 4.74 Å². The van der Waals surface area contributed by atoms with E-state index in [9.17, 15) is 9.18 Å². The van der Waals surface area contributed by atoms with Crippen molar-refractivity contribution in [2.45, 2.75) is 18.3 Å². The predicted molar refractivity (Wildman–Crippen MR) is 105 cm³/mol. The monoisotopic (exact) mass is 423 g/mol. The van der Waals surface area contributed by atoms with Crippen molar-refractivity contribution in [3.8, 4) is 5.75 Å². The van der Waals surface area contributed by atoms with E-state index in [-0.39, 0.29) is 23.9 Å². The molecule has 3 rings (SSSR count). The second-order valence-electron chi connectivity index (χ2n) is 5.33. The van der Waals surface area contributed by atoms with Crippen molar-refractivity contribution in [3.63, 3.8) is 0 Å². The smallest absolute Gasteiger partial charge is 0.192 e. The van der Waals surface area contributed by atoms with E-state index in [0.29, 0.717) is 26.7 Å². The van der Waals surface area contributed by atoms with Crippen LogP contribution in [0.3, 0.4) is 0 Å². The average molecular weight is 424 g/mol. The van der Waals surface area contributed by atoms with Gasteiger partial charge in [0, 0.05) is 6.54 Å². The van der Waals surface area contributed by atoms with Crippen molar-refractivity contribution < 1.29 is 13.9 Å². The minimum Gasteiger partial charge on any atom is -0.483 e. The third-order valence-electron chi connectivity index (χ3n) is 3.48. The van der Waals surface area contributed by atoms with Crippen LogP contribution in [-0.2, 0) is 13.2 Å². The van der Waals surface area contributed by atoms with Gasteiger partial charge in [0.15, 0.2) is 28.3 Å². The average Bonchev–Trinajstić information content (AvgIpc) is 3.26. The first-order chi connectivity index (χ1) is 13.1. The van der Waals surface area contributed by atoms with Gasteiger partial charge in [0.05, 0.1) is 15.0 Å². The van der Waals surface area contributed by atoms with Crippen molar-refractivity contribution >= 4 is 40.5 Å². The van der Waals surface area contributed by atoms with Crippen LogP contribution in [0.25, 0.3) is 0 Å². The van der Waals surface area contributed by atoms with E-state index in [1.807, 2.05) is 0 Å². The van der Waals surface area contributed by atoms with Crippen LogP contribution in [-0.4, -0.2) is 26.3 Å². The van der Waals surface area contributed by atoms with Gasteiger partial charge in [-0.05, 0) is 24.3 Å². The Morgan fingerprint density at radius 3 is 2.85 bits per heavy atom. The number of ketones is 1. The number of nitrogens with zero attached hydrogens (tertiary/aromatic N) is 3. The highest BCUT2D eigenvalue weighted by atomic mass is 35.5. The van der Waals surface area contributed by atoms with E-state index in [0.717, 1.165) is 0 Å². The number of carbonyl (C=O) groups is 1. The largest absolute Gasteiger partial charge is 0.483 e. The van der Waals surface area contributed by atoms with Gasteiger partial charge in [0.25, 0.3) is 0 Å². The lowest BCUT2D eigenvalue weighted by atomic mass is 10.3. The molecule has 0 amide bonds. The van der Waals surface area contributed by atoms with Crippen molar-refractivity contribution in [2.75, 3.05) is 5.75 Å². The zero-order valence-electron chi connectivity index (χ0n) is 14.1. The van der Waals surface area contributed by atoms with Crippen molar-refractivity contribution in [1.29, 1.82) is 0 Å². The maximum atomic E-state index is 13.7. The number of Topliss-reactive ketones (excluding diaryl/α,β-unsaturated/α-hetero) is 1. The maximum absolute atomic E-state index is 13.7. The number of hydrogen-bond donors (Lipinski definition) is 0. The van der Waals surface area contributed by atoms with Crippen LogP contribution in [0.4, 0.5) is 4.39 Å². The summed E-state index contributed by atoms with van der Waals surface area (Å²) in [7, 11) is 0. The Balaban J connectivity index is 1.68. The molecule has 2 heterocycles. The number of ether oxygens (including phenoxy) is 1. The van der Waals surface area contributed by atoms with E-state index < -0.39 is 5.82 Å². The second-order valence-corrected chi connectivity index (χ2v) is 7.99. The van der Waals surface area contributed by atoms with Crippen LogP contribution < -0.4 is 4.74 Å². The molecule has 0 aliphatic rings. The lowest BCUT2D eigenvalue weighted by molar-refractivity contribution is 0.102. The summed E-state index contributed by atoms with van der Waals surface area (Å²) in [5.74, 6) is 0.397. The summed E-state index contributed by atoms with van der Waals surface area (Å²) in [5, 5.41) is 8.79. The predicted octanol–water partition coefficient (Wildman–Crippen LogP) is 4.87. The lowest BCUT2D eigenvalue weighted by Crippen LogP contribution is -2.09. The van der Waals surface area contributed by atoms with Gasteiger partial charge in [-0.3, -0.25) is 9.36 Å². The Morgan fingerprint density at radius 1 is 1.33 bits per heavy atom. The number of hydrogen-bond acceptors (Lipinski definition) is 6. The van der Waals surface area contributed by atoms with E-state index in [1.165, 1.54) is 29.2 Å². The molecule has 0 fully saturated rings. The summed E-state index contributed by atoms with van der Waals surface area (Å²) in [6.07, 6.45) is 1.70. The number of rotatable bonds is 9. The molecule has 0 aliphatic heterocycles. The highest BCUT2D eigenvalue weighted by Gasteiger charge is 2.16. The zero-order valence-corrected chi connectivity index (χ0v) is 16.5. The Kier molecular flexibility index (Phi) is 6.65. The van der Waals surface area contributed by atoms with Crippen molar-refractivity contribution in [2.24, 2.45) is 0 Å². The number of aromatic nitrogens is 3. The van der Waals surface area contributed by atoms with E-state index in [2.05, 4.69) is 16.8 Å². The molecule has 0 saturated carbocycles. The summed E-state index contributed by atoms with van der Waals surface area (Å²) in [4.78, 5) is 12.8. The number of thiophene rings is 1. The van der Waals surface area contributed by atoms with Crippen LogP contribution in [0.1, 0.15) is 15.5 Å². The van der Waals surface area contributed by atoms with Gasteiger partial charge in [-0.2, -0.15) is 0 Å². The molecule has 5 nitrogen and oxygen atoms in total. The van der Waals surface area contributed by atoms with E-state index in [1.54, 1.807) is 41.0 Å². The van der Waals surface area contributed by atoms with Gasteiger partial charge in [-0.15, -0.1) is 28.1 Å². The first-order valence-corrected chi connectivity index (χ1v) is 10.1. The molecule has 0 spiro atoms. The third-order valence-corrected chi connectivity index (χ3v) is 5.72. The number of thioether (sulfide) groups is 1. The molecule has 27 heavy (non-hydrogen) atoms. The lowest BCUT2D eigenvalue weighted by Gasteiger charge is -2.09. The van der Waals surface area contributed by atoms with Gasteiger partial charge in [-0.25, -0.2) is 4.39 Å². The van der Waals surface area contributed by atoms with Gasteiger partial charge in [0.2, 0.25) is 0 Å². The molecule has 9 heteroatoms. The molecule has 0 radical (unpaired) electrons. The van der Waals surface area contributed by atoms with Crippen LogP contribution in [0.5, 0.6) is 5.75 Å². The Morgan fingerprint density at radius 2 is 2.15 bits per heavy atom. The maximum Gasteiger partial charge on any atom is 0.192 e. The van der Waals surface area contributed by atoms with Crippen LogP contribution >= 0.6 is 34.7 Å². The molecule has 0 saturated heterocycles. The standard InChI is InChI=1S/C18H15ClFN3O2S2/c1-2-9-23-17(10-25-14-6-4-3-5-12(14)20)21-22-18(23)26-11-13(24)15-7-8-16(19)27-15/h2-8H,1,9-11H2. The fourth-order valence-electron chi connectivity index (χ4n) is 2.21. The summed E-state index contributed by atoms with van der Waals surface area (Å²) in [6, 6.07) is 9.56. The summed E-state index contributed by atoms with van der Waals surface area (Å²) in [5.41, 5.74) is 0. The van der Waals surface area contributed by atoms with Crippen LogP contribution in [0, 0.1) is 5.82 Å². The Bertz CT molecular complexity index is 958. The molecule has 1 aromatic carbocycles. The molecule has 140 valence electrons. The van der Waals surface area contributed by atoms with Crippen molar-refractivity contribution in [1.82, 2.24) is 14.8 Å². The Labute approximate surface area is 168 Å². The topological polar surface area (TPSA) is 57.0 Å². The Hall–Kier alpha value is -2.16. The molecule has 2 aromatic heterocycles. The van der Waals surface area contributed by atoms with E-state index >= 15 is 0 Å². The first kappa shape index (κ1) is 19.6. The normalized spacial score (nSPS) is 10.7. The molecule has 0 N–H and O–H groups in total. The quantitative estimate of drug-likeness (QED) is 0.279. The molecular weight excluding hydrogens is 409 g/mol. The number of para-hydroxylation sites is 1. The molecule has 0 unspecified atom stereocenters. The number of carbonyl (C=O) groups excluding carboxylic acids is 1. The highest BCUT2D eigenvalue weighted by Crippen LogP contribution is 2.25. The highest BCUT2D eigenvalue weighted by molar-refractivity contribution is 7.99. The molecule has 0 bridgehead atoms. The third kappa shape index (κ3) is 4.97.